The molecule has 124 valence electrons. The highest BCUT2D eigenvalue weighted by Gasteiger charge is 2.41. The van der Waals surface area contributed by atoms with Gasteiger partial charge in [0.2, 0.25) is 5.76 Å². The van der Waals surface area contributed by atoms with Crippen LogP contribution in [-0.2, 0) is 6.18 Å². The van der Waals surface area contributed by atoms with E-state index in [1.54, 1.807) is 12.1 Å². The standard InChI is InChI=1S/C16H11F3N2O3/c1-23-9-5-6-10(12(22)8-9)14-13(11-4-2-3-7-20-11)15(24-21-14)16(17,18)19/h2-8,22H,1H3. The molecule has 2 heterocycles. The first-order valence-electron chi connectivity index (χ1n) is 6.77. The fraction of sp³-hybridized carbons (Fsp3) is 0.125. The van der Waals surface area contributed by atoms with Gasteiger partial charge < -0.3 is 14.4 Å². The van der Waals surface area contributed by atoms with Gasteiger partial charge in [-0.3, -0.25) is 4.98 Å². The number of halogens is 3. The van der Waals surface area contributed by atoms with E-state index in [0.29, 0.717) is 5.75 Å². The van der Waals surface area contributed by atoms with Crippen molar-refractivity contribution < 1.29 is 27.5 Å². The molecule has 0 saturated heterocycles. The smallest absolute Gasteiger partial charge is 0.453 e. The third-order valence-electron chi connectivity index (χ3n) is 3.33. The van der Waals surface area contributed by atoms with Crippen LogP contribution in [0, 0.1) is 0 Å². The summed E-state index contributed by atoms with van der Waals surface area (Å²) in [5, 5.41) is 13.6. The van der Waals surface area contributed by atoms with Crippen LogP contribution in [0.1, 0.15) is 5.76 Å². The molecule has 3 rings (SSSR count). The number of nitrogens with zero attached hydrogens (tertiary/aromatic N) is 2. The van der Waals surface area contributed by atoms with Gasteiger partial charge in [-0.2, -0.15) is 13.2 Å². The van der Waals surface area contributed by atoms with Crippen molar-refractivity contribution in [2.45, 2.75) is 6.18 Å². The molecule has 8 heteroatoms. The number of phenols is 1. The molecule has 0 bridgehead atoms. The third-order valence-corrected chi connectivity index (χ3v) is 3.33. The number of methoxy groups -OCH3 is 1. The summed E-state index contributed by atoms with van der Waals surface area (Å²) in [6.07, 6.45) is -3.39. The minimum Gasteiger partial charge on any atom is -0.507 e. The number of hydrogen-bond donors (Lipinski definition) is 1. The van der Waals surface area contributed by atoms with E-state index in [0.717, 1.165) is 0 Å². The summed E-state index contributed by atoms with van der Waals surface area (Å²) in [5.41, 5.74) is -0.364. The lowest BCUT2D eigenvalue weighted by Gasteiger charge is -2.08. The van der Waals surface area contributed by atoms with Gasteiger partial charge in [0.15, 0.2) is 0 Å². The first-order chi connectivity index (χ1) is 11.4. The fourth-order valence-electron chi connectivity index (χ4n) is 2.25. The number of pyridine rings is 1. The average Bonchev–Trinajstić information content (AvgIpc) is 3.00. The molecular weight excluding hydrogens is 325 g/mol. The molecule has 1 aromatic carbocycles. The summed E-state index contributed by atoms with van der Waals surface area (Å²) in [7, 11) is 1.41. The first kappa shape index (κ1) is 15.9. The zero-order valence-electron chi connectivity index (χ0n) is 12.3. The van der Waals surface area contributed by atoms with Crippen LogP contribution in [0.25, 0.3) is 22.5 Å². The summed E-state index contributed by atoms with van der Waals surface area (Å²) in [6.45, 7) is 0. The van der Waals surface area contributed by atoms with Crippen LogP contribution in [0.2, 0.25) is 0 Å². The number of phenolic OH excluding ortho intramolecular Hbond substituents is 1. The molecular formula is C16H11F3N2O3. The van der Waals surface area contributed by atoms with Crippen molar-refractivity contribution >= 4 is 0 Å². The van der Waals surface area contributed by atoms with Crippen molar-refractivity contribution in [2.24, 2.45) is 0 Å². The first-order valence-corrected chi connectivity index (χ1v) is 6.77. The second-order valence-electron chi connectivity index (χ2n) is 4.83. The average molecular weight is 336 g/mol. The lowest BCUT2D eigenvalue weighted by molar-refractivity contribution is -0.154. The maximum Gasteiger partial charge on any atom is 0.453 e. The van der Waals surface area contributed by atoms with E-state index in [2.05, 4.69) is 14.7 Å². The van der Waals surface area contributed by atoms with Crippen molar-refractivity contribution in [1.29, 1.82) is 0 Å². The van der Waals surface area contributed by atoms with Crippen LogP contribution < -0.4 is 4.74 Å². The molecule has 1 N–H and O–H groups in total. The van der Waals surface area contributed by atoms with E-state index in [9.17, 15) is 18.3 Å². The van der Waals surface area contributed by atoms with Gasteiger partial charge in [0.1, 0.15) is 17.2 Å². The molecule has 0 radical (unpaired) electrons. The largest absolute Gasteiger partial charge is 0.507 e. The zero-order valence-corrected chi connectivity index (χ0v) is 12.3. The Bertz CT molecular complexity index is 861. The van der Waals surface area contributed by atoms with Crippen molar-refractivity contribution in [1.82, 2.24) is 10.1 Å². The Hall–Kier alpha value is -3.03. The predicted molar refractivity (Wildman–Crippen MR) is 78.4 cm³/mol. The normalized spacial score (nSPS) is 11.5. The summed E-state index contributed by atoms with van der Waals surface area (Å²) in [4.78, 5) is 3.94. The molecule has 2 aromatic heterocycles. The lowest BCUT2D eigenvalue weighted by Crippen LogP contribution is -2.05. The quantitative estimate of drug-likeness (QED) is 0.779. The molecule has 0 aliphatic heterocycles. The van der Waals surface area contributed by atoms with Gasteiger partial charge in [-0.1, -0.05) is 11.2 Å². The Morgan fingerprint density at radius 2 is 1.96 bits per heavy atom. The van der Waals surface area contributed by atoms with Crippen LogP contribution in [0.4, 0.5) is 13.2 Å². The highest BCUT2D eigenvalue weighted by molar-refractivity contribution is 5.83. The van der Waals surface area contributed by atoms with E-state index >= 15 is 0 Å². The van der Waals surface area contributed by atoms with E-state index in [1.807, 2.05) is 0 Å². The van der Waals surface area contributed by atoms with Crippen molar-refractivity contribution in [2.75, 3.05) is 7.11 Å². The SMILES string of the molecule is COc1ccc(-c2noc(C(F)(F)F)c2-c2ccccn2)c(O)c1. The number of aromatic hydroxyl groups is 1. The Morgan fingerprint density at radius 1 is 1.17 bits per heavy atom. The molecule has 0 amide bonds. The zero-order chi connectivity index (χ0) is 17.3. The Balaban J connectivity index is 2.25. The van der Waals surface area contributed by atoms with Crippen molar-refractivity contribution in [3.8, 4) is 34.0 Å². The molecule has 0 aliphatic rings. The topological polar surface area (TPSA) is 68.4 Å². The maximum atomic E-state index is 13.2. The molecule has 0 saturated carbocycles. The third kappa shape index (κ3) is 2.78. The van der Waals surface area contributed by atoms with Crippen LogP contribution in [0.3, 0.4) is 0 Å². The van der Waals surface area contributed by atoms with E-state index in [-0.39, 0.29) is 28.3 Å². The number of aromatic nitrogens is 2. The van der Waals surface area contributed by atoms with Crippen LogP contribution in [-0.4, -0.2) is 22.4 Å². The fourth-order valence-corrected chi connectivity index (χ4v) is 2.25. The van der Waals surface area contributed by atoms with E-state index < -0.39 is 11.9 Å². The number of alkyl halides is 3. The number of benzene rings is 1. The highest BCUT2D eigenvalue weighted by Crippen LogP contribution is 2.44. The molecule has 0 atom stereocenters. The summed E-state index contributed by atoms with van der Waals surface area (Å²) >= 11 is 0. The van der Waals surface area contributed by atoms with Gasteiger partial charge in [0.05, 0.1) is 18.4 Å². The second-order valence-corrected chi connectivity index (χ2v) is 4.83. The monoisotopic (exact) mass is 336 g/mol. The summed E-state index contributed by atoms with van der Waals surface area (Å²) < 4.78 is 49.2. The van der Waals surface area contributed by atoms with Crippen LogP contribution in [0.5, 0.6) is 11.5 Å². The summed E-state index contributed by atoms with van der Waals surface area (Å²) in [5.74, 6) is -1.20. The number of hydrogen-bond acceptors (Lipinski definition) is 5. The van der Waals surface area contributed by atoms with Gasteiger partial charge in [0, 0.05) is 17.8 Å². The molecule has 24 heavy (non-hydrogen) atoms. The molecule has 0 spiro atoms. The molecule has 3 aromatic rings. The molecule has 0 aliphatic carbocycles. The maximum absolute atomic E-state index is 13.2. The minimum atomic E-state index is -4.75. The van der Waals surface area contributed by atoms with Gasteiger partial charge in [-0.05, 0) is 24.3 Å². The number of ether oxygens (including phenoxy) is 1. The van der Waals surface area contributed by atoms with Crippen molar-refractivity contribution in [3.05, 3.63) is 48.4 Å². The highest BCUT2D eigenvalue weighted by atomic mass is 19.4. The second kappa shape index (κ2) is 5.88. The van der Waals surface area contributed by atoms with E-state index in [4.69, 9.17) is 4.74 Å². The Kier molecular flexibility index (Phi) is 3.88. The van der Waals surface area contributed by atoms with Crippen LogP contribution >= 0.6 is 0 Å². The minimum absolute atomic E-state index is 0.0382. The van der Waals surface area contributed by atoms with Gasteiger partial charge in [-0.15, -0.1) is 0 Å². The lowest BCUT2D eigenvalue weighted by atomic mass is 10.0. The predicted octanol–water partition coefficient (Wildman–Crippen LogP) is 4.14. The van der Waals surface area contributed by atoms with Gasteiger partial charge in [-0.25, -0.2) is 0 Å². The molecule has 0 unspecified atom stereocenters. The van der Waals surface area contributed by atoms with Crippen LogP contribution in [0.15, 0.2) is 47.1 Å². The Labute approximate surface area is 134 Å². The molecule has 0 fully saturated rings. The Morgan fingerprint density at radius 3 is 2.54 bits per heavy atom. The number of rotatable bonds is 3. The summed E-state index contributed by atoms with van der Waals surface area (Å²) in [6, 6.07) is 8.71. The van der Waals surface area contributed by atoms with Gasteiger partial charge in [0.25, 0.3) is 0 Å². The van der Waals surface area contributed by atoms with Gasteiger partial charge >= 0.3 is 6.18 Å². The van der Waals surface area contributed by atoms with E-state index in [1.165, 1.54) is 37.6 Å². The molecule has 5 nitrogen and oxygen atoms in total. The van der Waals surface area contributed by atoms with Crippen molar-refractivity contribution in [3.63, 3.8) is 0 Å².